The van der Waals surface area contributed by atoms with Gasteiger partial charge in [-0.05, 0) is 25.0 Å². The van der Waals surface area contributed by atoms with E-state index in [0.717, 1.165) is 18.2 Å². The van der Waals surface area contributed by atoms with Gasteiger partial charge in [0.2, 0.25) is 0 Å². The summed E-state index contributed by atoms with van der Waals surface area (Å²) < 4.78 is 26.7. The van der Waals surface area contributed by atoms with Crippen LogP contribution in [0.25, 0.3) is 0 Å². The molecule has 3 N–H and O–H groups in total. The minimum atomic E-state index is -1.20. The lowest BCUT2D eigenvalue weighted by Crippen LogP contribution is -2.47. The zero-order valence-corrected chi connectivity index (χ0v) is 12.7. The van der Waals surface area contributed by atoms with Gasteiger partial charge in [-0.25, -0.2) is 8.78 Å². The van der Waals surface area contributed by atoms with Gasteiger partial charge < -0.3 is 15.7 Å². The van der Waals surface area contributed by atoms with Gasteiger partial charge >= 0.3 is 11.8 Å². The Labute approximate surface area is 127 Å². The Hall–Kier alpha value is -2.02. The van der Waals surface area contributed by atoms with Gasteiger partial charge in [0.1, 0.15) is 17.3 Å². The van der Waals surface area contributed by atoms with Gasteiger partial charge in [-0.1, -0.05) is 26.3 Å². The van der Waals surface area contributed by atoms with E-state index in [1.165, 1.54) is 6.92 Å². The largest absolute Gasteiger partial charge is 0.388 e. The molecule has 22 heavy (non-hydrogen) atoms. The second-order valence-electron chi connectivity index (χ2n) is 5.40. The third-order valence-electron chi connectivity index (χ3n) is 3.69. The van der Waals surface area contributed by atoms with E-state index in [2.05, 4.69) is 5.32 Å². The number of carbonyl (C=O) groups is 2. The van der Waals surface area contributed by atoms with E-state index in [0.29, 0.717) is 6.42 Å². The Morgan fingerprint density at radius 3 is 2.32 bits per heavy atom. The number of rotatable bonds is 5. The summed E-state index contributed by atoms with van der Waals surface area (Å²) in [5, 5.41) is 14.3. The smallest absolute Gasteiger partial charge is 0.313 e. The molecule has 1 rings (SSSR count). The SMILES string of the molecule is CC[C@@H](C)[C@](C)(O)CNC(=O)C(=O)Nc1c(F)cccc1F. The van der Waals surface area contributed by atoms with E-state index in [1.807, 2.05) is 12.2 Å². The van der Waals surface area contributed by atoms with Crippen molar-refractivity contribution in [1.82, 2.24) is 5.32 Å². The molecule has 0 bridgehead atoms. The van der Waals surface area contributed by atoms with Gasteiger partial charge in [0.25, 0.3) is 0 Å². The lowest BCUT2D eigenvalue weighted by molar-refractivity contribution is -0.137. The summed E-state index contributed by atoms with van der Waals surface area (Å²) >= 11 is 0. The van der Waals surface area contributed by atoms with Gasteiger partial charge in [-0.15, -0.1) is 0 Å². The summed E-state index contributed by atoms with van der Waals surface area (Å²) in [6.07, 6.45) is 0.690. The number of benzene rings is 1. The van der Waals surface area contributed by atoms with Crippen molar-refractivity contribution in [3.05, 3.63) is 29.8 Å². The number of anilines is 1. The molecule has 0 aliphatic rings. The van der Waals surface area contributed by atoms with Crippen LogP contribution in [0.3, 0.4) is 0 Å². The highest BCUT2D eigenvalue weighted by Crippen LogP contribution is 2.19. The molecule has 122 valence electrons. The fraction of sp³-hybridized carbons (Fsp3) is 0.467. The standard InChI is InChI=1S/C15H20F2N2O3/c1-4-9(2)15(3,22)8-18-13(20)14(21)19-12-10(16)6-5-7-11(12)17/h5-7,9,22H,4,8H2,1-3H3,(H,18,20)(H,19,21)/t9-,15-/m1/s1. The highest BCUT2D eigenvalue weighted by molar-refractivity contribution is 6.39. The molecule has 2 amide bonds. The van der Waals surface area contributed by atoms with Gasteiger partial charge in [-0.2, -0.15) is 0 Å². The summed E-state index contributed by atoms with van der Waals surface area (Å²) in [6, 6.07) is 3.07. The minimum Gasteiger partial charge on any atom is -0.388 e. The molecule has 0 radical (unpaired) electrons. The molecule has 0 unspecified atom stereocenters. The van der Waals surface area contributed by atoms with E-state index in [-0.39, 0.29) is 12.5 Å². The van der Waals surface area contributed by atoms with E-state index < -0.39 is 34.7 Å². The fourth-order valence-electron chi connectivity index (χ4n) is 1.74. The second kappa shape index (κ2) is 7.31. The molecule has 0 aliphatic heterocycles. The third-order valence-corrected chi connectivity index (χ3v) is 3.69. The van der Waals surface area contributed by atoms with E-state index >= 15 is 0 Å². The maximum Gasteiger partial charge on any atom is 0.313 e. The fourth-order valence-corrected chi connectivity index (χ4v) is 1.74. The molecular weight excluding hydrogens is 294 g/mol. The molecule has 5 nitrogen and oxygen atoms in total. The molecule has 0 aliphatic carbocycles. The van der Waals surface area contributed by atoms with E-state index in [1.54, 1.807) is 6.92 Å². The first kappa shape index (κ1) is 18.0. The van der Waals surface area contributed by atoms with E-state index in [4.69, 9.17) is 0 Å². The van der Waals surface area contributed by atoms with Crippen LogP contribution in [0.15, 0.2) is 18.2 Å². The van der Waals surface area contributed by atoms with Crippen LogP contribution in [0.4, 0.5) is 14.5 Å². The Morgan fingerprint density at radius 1 is 1.27 bits per heavy atom. The summed E-state index contributed by atoms with van der Waals surface area (Å²) in [5.41, 5.74) is -1.87. The Kier molecular flexibility index (Phi) is 5.99. The van der Waals surface area contributed by atoms with Crippen molar-refractivity contribution in [2.45, 2.75) is 32.8 Å². The first-order chi connectivity index (χ1) is 10.2. The molecule has 1 aromatic carbocycles. The van der Waals surface area contributed by atoms with Crippen molar-refractivity contribution in [2.75, 3.05) is 11.9 Å². The zero-order chi connectivity index (χ0) is 16.9. The number of para-hydroxylation sites is 1. The summed E-state index contributed by atoms with van der Waals surface area (Å²) in [7, 11) is 0. The molecule has 0 spiro atoms. The van der Waals surface area contributed by atoms with Crippen LogP contribution in [-0.2, 0) is 9.59 Å². The van der Waals surface area contributed by atoms with Crippen molar-refractivity contribution in [3.63, 3.8) is 0 Å². The van der Waals surface area contributed by atoms with Gasteiger partial charge in [0.15, 0.2) is 0 Å². The van der Waals surface area contributed by atoms with Crippen LogP contribution in [-0.4, -0.2) is 29.1 Å². The molecule has 0 saturated carbocycles. The molecule has 0 fully saturated rings. The summed E-state index contributed by atoms with van der Waals surface area (Å²) in [6.45, 7) is 5.08. The van der Waals surface area contributed by atoms with Crippen molar-refractivity contribution in [3.8, 4) is 0 Å². The quantitative estimate of drug-likeness (QED) is 0.725. The average molecular weight is 314 g/mol. The first-order valence-electron chi connectivity index (χ1n) is 6.94. The molecule has 0 saturated heterocycles. The number of halogens is 2. The molecular formula is C15H20F2N2O3. The highest BCUT2D eigenvalue weighted by Gasteiger charge is 2.28. The van der Waals surface area contributed by atoms with Crippen LogP contribution in [0.5, 0.6) is 0 Å². The van der Waals surface area contributed by atoms with Crippen molar-refractivity contribution in [1.29, 1.82) is 0 Å². The maximum atomic E-state index is 13.4. The van der Waals surface area contributed by atoms with Crippen LogP contribution in [0, 0.1) is 17.6 Å². The number of hydrogen-bond acceptors (Lipinski definition) is 3. The van der Waals surface area contributed by atoms with Crippen molar-refractivity contribution >= 4 is 17.5 Å². The Bertz CT molecular complexity index is 541. The number of carbonyl (C=O) groups excluding carboxylic acids is 2. The number of hydrogen-bond donors (Lipinski definition) is 3. The van der Waals surface area contributed by atoms with Crippen LogP contribution in [0.1, 0.15) is 27.2 Å². The first-order valence-corrected chi connectivity index (χ1v) is 6.94. The Morgan fingerprint density at radius 2 is 1.82 bits per heavy atom. The topological polar surface area (TPSA) is 78.4 Å². The molecule has 2 atom stereocenters. The van der Waals surface area contributed by atoms with Gasteiger partial charge in [-0.3, -0.25) is 9.59 Å². The van der Waals surface area contributed by atoms with Crippen LogP contribution < -0.4 is 10.6 Å². The molecule has 0 heterocycles. The predicted molar refractivity (Wildman–Crippen MR) is 78.1 cm³/mol. The van der Waals surface area contributed by atoms with Crippen LogP contribution >= 0.6 is 0 Å². The average Bonchev–Trinajstić information content (AvgIpc) is 2.47. The predicted octanol–water partition coefficient (Wildman–Crippen LogP) is 1.82. The number of aliphatic hydroxyl groups is 1. The molecule has 0 aromatic heterocycles. The third kappa shape index (κ3) is 4.49. The van der Waals surface area contributed by atoms with Crippen LogP contribution in [0.2, 0.25) is 0 Å². The molecule has 1 aromatic rings. The van der Waals surface area contributed by atoms with Crippen molar-refractivity contribution < 1.29 is 23.5 Å². The lowest BCUT2D eigenvalue weighted by atomic mass is 9.89. The zero-order valence-electron chi connectivity index (χ0n) is 12.7. The number of amides is 2. The normalized spacial score (nSPS) is 14.8. The maximum absolute atomic E-state index is 13.4. The highest BCUT2D eigenvalue weighted by atomic mass is 19.1. The van der Waals surface area contributed by atoms with Gasteiger partial charge in [0, 0.05) is 6.54 Å². The van der Waals surface area contributed by atoms with E-state index in [9.17, 15) is 23.5 Å². The number of nitrogens with one attached hydrogen (secondary N) is 2. The van der Waals surface area contributed by atoms with Crippen molar-refractivity contribution in [2.24, 2.45) is 5.92 Å². The van der Waals surface area contributed by atoms with Gasteiger partial charge in [0.05, 0.1) is 5.60 Å². The lowest BCUT2D eigenvalue weighted by Gasteiger charge is -2.29. The second-order valence-corrected chi connectivity index (χ2v) is 5.40. The monoisotopic (exact) mass is 314 g/mol. The molecule has 7 heteroatoms. The summed E-state index contributed by atoms with van der Waals surface area (Å²) in [5.74, 6) is -4.34. The summed E-state index contributed by atoms with van der Waals surface area (Å²) in [4.78, 5) is 23.3. The minimum absolute atomic E-state index is 0.0973. The Balaban J connectivity index is 2.65.